The Morgan fingerprint density at radius 1 is 1.08 bits per heavy atom. The smallest absolute Gasteiger partial charge is 0.318 e. The molecule has 0 atom stereocenters. The molecule has 0 fully saturated rings. The summed E-state index contributed by atoms with van der Waals surface area (Å²) in [5, 5.41) is 0. The predicted octanol–water partition coefficient (Wildman–Crippen LogP) is 3.00. The Labute approximate surface area is 152 Å². The second-order valence-electron chi connectivity index (χ2n) is 5.87. The maximum absolute atomic E-state index is 5.85. The van der Waals surface area contributed by atoms with E-state index in [1.807, 2.05) is 36.5 Å². The van der Waals surface area contributed by atoms with Crippen LogP contribution in [0.4, 0.5) is 5.82 Å². The van der Waals surface area contributed by atoms with Crippen molar-refractivity contribution >= 4 is 12.0 Å². The fraction of sp³-hybridized carbons (Fsp3) is 0.200. The summed E-state index contributed by atoms with van der Waals surface area (Å²) in [6.07, 6.45) is 4.27. The summed E-state index contributed by atoms with van der Waals surface area (Å²) in [7, 11) is 0. The van der Waals surface area contributed by atoms with Crippen LogP contribution in [0, 0.1) is 6.92 Å². The zero-order chi connectivity index (χ0) is 18.2. The van der Waals surface area contributed by atoms with Gasteiger partial charge in [-0.1, -0.05) is 35.9 Å². The average molecular weight is 347 g/mol. The van der Waals surface area contributed by atoms with E-state index in [0.29, 0.717) is 31.1 Å². The van der Waals surface area contributed by atoms with Crippen LogP contribution < -0.4 is 10.5 Å². The van der Waals surface area contributed by atoms with Crippen LogP contribution in [0.15, 0.2) is 59.7 Å². The zero-order valence-corrected chi connectivity index (χ0v) is 14.7. The van der Waals surface area contributed by atoms with E-state index in [1.165, 1.54) is 5.56 Å². The molecule has 2 N–H and O–H groups in total. The lowest BCUT2D eigenvalue weighted by molar-refractivity contribution is 0.294. The van der Waals surface area contributed by atoms with E-state index in [-0.39, 0.29) is 6.01 Å². The number of aryl methyl sites for hydroxylation is 1. The van der Waals surface area contributed by atoms with Crippen LogP contribution in [0.1, 0.15) is 22.5 Å². The predicted molar refractivity (Wildman–Crippen MR) is 102 cm³/mol. The number of nitrogens with zero attached hydrogens (tertiary/aromatic N) is 4. The molecule has 2 aromatic heterocycles. The molecule has 3 aromatic rings. The number of hydrogen-bond donors (Lipinski definition) is 1. The van der Waals surface area contributed by atoms with E-state index in [0.717, 1.165) is 11.3 Å². The van der Waals surface area contributed by atoms with Crippen molar-refractivity contribution < 1.29 is 4.74 Å². The van der Waals surface area contributed by atoms with E-state index < -0.39 is 0 Å². The third-order valence-electron chi connectivity index (χ3n) is 3.63. The maximum atomic E-state index is 5.85. The van der Waals surface area contributed by atoms with Crippen LogP contribution in [-0.2, 0) is 13.0 Å². The van der Waals surface area contributed by atoms with Gasteiger partial charge in [-0.3, -0.25) is 9.98 Å². The fourth-order valence-electron chi connectivity index (χ4n) is 2.43. The largest absolute Gasteiger partial charge is 0.463 e. The number of nitrogen functional groups attached to an aromatic ring is 1. The SMILES string of the molecule is Cc1cccc(C=NCc2cc(N)nc(OCCc3ccccn3)n2)c1. The molecule has 2 heterocycles. The summed E-state index contributed by atoms with van der Waals surface area (Å²) in [5.41, 5.74) is 9.78. The summed E-state index contributed by atoms with van der Waals surface area (Å²) in [6, 6.07) is 15.9. The first-order valence-electron chi connectivity index (χ1n) is 8.42. The van der Waals surface area contributed by atoms with Crippen molar-refractivity contribution in [3.8, 4) is 6.01 Å². The van der Waals surface area contributed by atoms with E-state index in [1.54, 1.807) is 12.3 Å². The number of pyridine rings is 1. The van der Waals surface area contributed by atoms with Gasteiger partial charge in [0, 0.05) is 30.6 Å². The van der Waals surface area contributed by atoms with Crippen LogP contribution in [0.25, 0.3) is 0 Å². The Bertz CT molecular complexity index is 880. The standard InChI is InChI=1S/C20H21N5O/c1-15-5-4-6-16(11-15)13-22-14-18-12-19(21)25-20(24-18)26-10-8-17-7-2-3-9-23-17/h2-7,9,11-13H,8,10,14H2,1H3,(H2,21,24,25). The average Bonchev–Trinajstić information content (AvgIpc) is 2.62. The molecule has 0 unspecified atom stereocenters. The minimum Gasteiger partial charge on any atom is -0.463 e. The molecule has 26 heavy (non-hydrogen) atoms. The lowest BCUT2D eigenvalue weighted by Gasteiger charge is -2.06. The zero-order valence-electron chi connectivity index (χ0n) is 14.7. The number of ether oxygens (including phenoxy) is 1. The first-order chi connectivity index (χ1) is 12.7. The first kappa shape index (κ1) is 17.5. The fourth-order valence-corrected chi connectivity index (χ4v) is 2.43. The van der Waals surface area contributed by atoms with Gasteiger partial charge in [0.25, 0.3) is 0 Å². The van der Waals surface area contributed by atoms with Gasteiger partial charge in [0.15, 0.2) is 0 Å². The van der Waals surface area contributed by atoms with Crippen molar-refractivity contribution in [2.24, 2.45) is 4.99 Å². The number of aliphatic imine (C=N–C) groups is 1. The van der Waals surface area contributed by atoms with Crippen molar-refractivity contribution in [2.45, 2.75) is 19.9 Å². The number of aromatic nitrogens is 3. The lowest BCUT2D eigenvalue weighted by atomic mass is 10.1. The molecule has 0 saturated carbocycles. The number of rotatable bonds is 7. The van der Waals surface area contributed by atoms with Crippen molar-refractivity contribution in [2.75, 3.05) is 12.3 Å². The summed E-state index contributed by atoms with van der Waals surface area (Å²) in [4.78, 5) is 17.2. The molecule has 0 saturated heterocycles. The monoisotopic (exact) mass is 347 g/mol. The highest BCUT2D eigenvalue weighted by molar-refractivity contribution is 5.79. The van der Waals surface area contributed by atoms with Crippen LogP contribution >= 0.6 is 0 Å². The Balaban J connectivity index is 1.58. The Morgan fingerprint density at radius 2 is 2.00 bits per heavy atom. The van der Waals surface area contributed by atoms with Gasteiger partial charge in [-0.15, -0.1) is 0 Å². The molecule has 6 nitrogen and oxygen atoms in total. The molecule has 1 aromatic carbocycles. The molecular formula is C20H21N5O. The first-order valence-corrected chi connectivity index (χ1v) is 8.42. The number of hydrogen-bond acceptors (Lipinski definition) is 6. The van der Waals surface area contributed by atoms with Gasteiger partial charge < -0.3 is 10.5 Å². The Morgan fingerprint density at radius 3 is 2.81 bits per heavy atom. The summed E-state index contributed by atoms with van der Waals surface area (Å²) >= 11 is 0. The molecule has 0 spiro atoms. The van der Waals surface area contributed by atoms with Gasteiger partial charge in [0.2, 0.25) is 0 Å². The van der Waals surface area contributed by atoms with E-state index in [2.05, 4.69) is 39.0 Å². The minimum absolute atomic E-state index is 0.265. The van der Waals surface area contributed by atoms with E-state index in [9.17, 15) is 0 Å². The van der Waals surface area contributed by atoms with Crippen molar-refractivity contribution in [1.29, 1.82) is 0 Å². The summed E-state index contributed by atoms with van der Waals surface area (Å²) in [6.45, 7) is 2.90. The molecule has 0 aliphatic heterocycles. The second-order valence-corrected chi connectivity index (χ2v) is 5.87. The van der Waals surface area contributed by atoms with Crippen molar-refractivity contribution in [3.63, 3.8) is 0 Å². The van der Waals surface area contributed by atoms with Gasteiger partial charge in [-0.2, -0.15) is 9.97 Å². The van der Waals surface area contributed by atoms with Gasteiger partial charge in [0.1, 0.15) is 5.82 Å². The molecular weight excluding hydrogens is 326 g/mol. The summed E-state index contributed by atoms with van der Waals surface area (Å²) < 4.78 is 5.62. The van der Waals surface area contributed by atoms with Crippen molar-refractivity contribution in [1.82, 2.24) is 15.0 Å². The van der Waals surface area contributed by atoms with Crippen LogP contribution in [0.3, 0.4) is 0 Å². The molecule has 3 rings (SSSR count). The van der Waals surface area contributed by atoms with Crippen molar-refractivity contribution in [3.05, 3.63) is 77.2 Å². The number of anilines is 1. The normalized spacial score (nSPS) is 11.0. The second kappa shape index (κ2) is 8.71. The van der Waals surface area contributed by atoms with E-state index >= 15 is 0 Å². The molecule has 0 aliphatic carbocycles. The van der Waals surface area contributed by atoms with Gasteiger partial charge in [-0.25, -0.2) is 0 Å². The van der Waals surface area contributed by atoms with Gasteiger partial charge in [0.05, 0.1) is 18.8 Å². The topological polar surface area (TPSA) is 86.3 Å². The molecule has 0 amide bonds. The quantitative estimate of drug-likeness (QED) is 0.664. The molecule has 0 radical (unpaired) electrons. The maximum Gasteiger partial charge on any atom is 0.318 e. The van der Waals surface area contributed by atoms with Gasteiger partial charge in [-0.05, 0) is 24.6 Å². The van der Waals surface area contributed by atoms with Crippen LogP contribution in [0.2, 0.25) is 0 Å². The van der Waals surface area contributed by atoms with Gasteiger partial charge >= 0.3 is 6.01 Å². The van der Waals surface area contributed by atoms with E-state index in [4.69, 9.17) is 10.5 Å². The van der Waals surface area contributed by atoms with Crippen LogP contribution in [-0.4, -0.2) is 27.8 Å². The summed E-state index contributed by atoms with van der Waals surface area (Å²) in [5.74, 6) is 0.369. The Kier molecular flexibility index (Phi) is 5.88. The third kappa shape index (κ3) is 5.37. The Hall–Kier alpha value is -3.28. The highest BCUT2D eigenvalue weighted by Gasteiger charge is 2.04. The van der Waals surface area contributed by atoms with Crippen LogP contribution in [0.5, 0.6) is 6.01 Å². The molecule has 6 heteroatoms. The molecule has 0 aliphatic rings. The third-order valence-corrected chi connectivity index (χ3v) is 3.63. The molecule has 132 valence electrons. The minimum atomic E-state index is 0.265. The lowest BCUT2D eigenvalue weighted by Crippen LogP contribution is -2.07. The number of benzene rings is 1. The highest BCUT2D eigenvalue weighted by Crippen LogP contribution is 2.11. The molecule has 0 bridgehead atoms. The number of nitrogens with two attached hydrogens (primary N) is 1. The highest BCUT2D eigenvalue weighted by atomic mass is 16.5.